The third-order valence-corrected chi connectivity index (χ3v) is 5.78. The minimum atomic E-state index is -0.407. The topological polar surface area (TPSA) is 50.5 Å². The van der Waals surface area contributed by atoms with Crippen molar-refractivity contribution in [3.8, 4) is 0 Å². The summed E-state index contributed by atoms with van der Waals surface area (Å²) in [7, 11) is 0. The summed E-state index contributed by atoms with van der Waals surface area (Å²) in [5.74, 6) is -0.107. The van der Waals surface area contributed by atoms with Gasteiger partial charge in [0.1, 0.15) is 5.58 Å². The Morgan fingerprint density at radius 2 is 1.81 bits per heavy atom. The highest BCUT2D eigenvalue weighted by atomic mass is 32.1. The Balaban J connectivity index is 1.87. The van der Waals surface area contributed by atoms with Crippen LogP contribution in [0.2, 0.25) is 0 Å². The third kappa shape index (κ3) is 3.04. The van der Waals surface area contributed by atoms with Gasteiger partial charge in [-0.25, -0.2) is 4.79 Å². The molecule has 0 bridgehead atoms. The Bertz CT molecular complexity index is 1240. The molecule has 2 aromatic carbocycles. The Labute approximate surface area is 160 Å². The van der Waals surface area contributed by atoms with Crippen molar-refractivity contribution in [1.29, 1.82) is 0 Å². The Morgan fingerprint density at radius 1 is 1.04 bits per heavy atom. The van der Waals surface area contributed by atoms with Crippen LogP contribution in [0, 0.1) is 13.8 Å². The molecule has 0 fully saturated rings. The van der Waals surface area contributed by atoms with Gasteiger partial charge in [0.2, 0.25) is 0 Å². The lowest BCUT2D eigenvalue weighted by molar-refractivity contribution is 0.0992. The van der Waals surface area contributed by atoms with Gasteiger partial charge in [0.15, 0.2) is 0 Å². The van der Waals surface area contributed by atoms with Crippen LogP contribution in [0.5, 0.6) is 0 Å². The van der Waals surface area contributed by atoms with Gasteiger partial charge in [-0.3, -0.25) is 4.79 Å². The van der Waals surface area contributed by atoms with E-state index in [9.17, 15) is 9.59 Å². The van der Waals surface area contributed by atoms with Gasteiger partial charge in [-0.2, -0.15) is 0 Å². The van der Waals surface area contributed by atoms with Crippen LogP contribution in [0.25, 0.3) is 21.1 Å². The molecule has 2 heterocycles. The van der Waals surface area contributed by atoms with E-state index in [1.54, 1.807) is 17.0 Å². The first-order chi connectivity index (χ1) is 13.0. The number of benzene rings is 2. The van der Waals surface area contributed by atoms with Crippen LogP contribution in [-0.2, 0) is 0 Å². The van der Waals surface area contributed by atoms with Gasteiger partial charge in [0.05, 0.1) is 15.0 Å². The molecule has 5 heteroatoms. The van der Waals surface area contributed by atoms with E-state index in [0.29, 0.717) is 22.4 Å². The largest absolute Gasteiger partial charge is 0.422 e. The molecular weight excluding hydrogens is 358 g/mol. The van der Waals surface area contributed by atoms with E-state index in [4.69, 9.17) is 4.42 Å². The van der Waals surface area contributed by atoms with Crippen molar-refractivity contribution in [1.82, 2.24) is 0 Å². The van der Waals surface area contributed by atoms with E-state index >= 15 is 0 Å². The normalized spacial score (nSPS) is 11.2. The van der Waals surface area contributed by atoms with Gasteiger partial charge in [0.25, 0.3) is 5.91 Å². The molecule has 0 atom stereocenters. The first-order valence-electron chi connectivity index (χ1n) is 8.83. The molecule has 0 unspecified atom stereocenters. The van der Waals surface area contributed by atoms with E-state index in [-0.39, 0.29) is 5.91 Å². The number of carbonyl (C=O) groups is 1. The van der Waals surface area contributed by atoms with Crippen molar-refractivity contribution in [2.24, 2.45) is 0 Å². The average molecular weight is 377 g/mol. The summed E-state index contributed by atoms with van der Waals surface area (Å²) in [6.45, 7) is 6.49. The Hall–Kier alpha value is -2.92. The highest BCUT2D eigenvalue weighted by Crippen LogP contribution is 2.32. The maximum atomic E-state index is 13.2. The standard InChI is InChI=1S/C22H19NO3S/c1-4-23(15-7-5-6-13(2)10-15)21(24)19-12-17-20(27-19)16-11-14(3)8-9-18(16)26-22(17)25/h5-12H,4H2,1-3H3. The third-order valence-electron chi connectivity index (χ3n) is 4.62. The monoisotopic (exact) mass is 377 g/mol. The predicted molar refractivity (Wildman–Crippen MR) is 111 cm³/mol. The first kappa shape index (κ1) is 17.5. The molecule has 4 rings (SSSR count). The van der Waals surface area contributed by atoms with Gasteiger partial charge >= 0.3 is 5.63 Å². The van der Waals surface area contributed by atoms with Gasteiger partial charge in [0, 0.05) is 17.6 Å². The highest BCUT2D eigenvalue weighted by Gasteiger charge is 2.21. The summed E-state index contributed by atoms with van der Waals surface area (Å²) < 4.78 is 6.24. The van der Waals surface area contributed by atoms with Gasteiger partial charge < -0.3 is 9.32 Å². The number of aryl methyl sites for hydroxylation is 2. The second-order valence-corrected chi connectivity index (χ2v) is 7.68. The molecule has 136 valence electrons. The lowest BCUT2D eigenvalue weighted by atomic mass is 10.1. The number of nitrogens with zero attached hydrogens (tertiary/aromatic N) is 1. The van der Waals surface area contributed by atoms with Crippen molar-refractivity contribution in [2.45, 2.75) is 20.8 Å². The number of amides is 1. The Kier molecular flexibility index (Phi) is 4.32. The summed E-state index contributed by atoms with van der Waals surface area (Å²) in [5, 5.41) is 1.33. The van der Waals surface area contributed by atoms with Crippen molar-refractivity contribution in [3.63, 3.8) is 0 Å². The van der Waals surface area contributed by atoms with Crippen LogP contribution in [0.3, 0.4) is 0 Å². The maximum absolute atomic E-state index is 13.2. The highest BCUT2D eigenvalue weighted by molar-refractivity contribution is 7.21. The molecule has 0 spiro atoms. The first-order valence-corrected chi connectivity index (χ1v) is 9.65. The zero-order chi connectivity index (χ0) is 19.1. The molecule has 0 aliphatic carbocycles. The van der Waals surface area contributed by atoms with Crippen molar-refractivity contribution < 1.29 is 9.21 Å². The molecule has 0 N–H and O–H groups in total. The lowest BCUT2D eigenvalue weighted by Gasteiger charge is -2.20. The number of fused-ring (bicyclic) bond motifs is 3. The molecule has 0 aliphatic heterocycles. The fourth-order valence-corrected chi connectivity index (χ4v) is 4.40. The van der Waals surface area contributed by atoms with Crippen LogP contribution in [-0.4, -0.2) is 12.5 Å². The van der Waals surface area contributed by atoms with Crippen molar-refractivity contribution >= 4 is 44.0 Å². The van der Waals surface area contributed by atoms with Gasteiger partial charge in [-0.1, -0.05) is 23.8 Å². The minimum Gasteiger partial charge on any atom is -0.422 e. The van der Waals surface area contributed by atoms with Crippen molar-refractivity contribution in [3.05, 3.63) is 75.0 Å². The zero-order valence-corrected chi connectivity index (χ0v) is 16.2. The smallest absolute Gasteiger partial charge is 0.345 e. The summed E-state index contributed by atoms with van der Waals surface area (Å²) in [6, 6.07) is 15.2. The van der Waals surface area contributed by atoms with E-state index in [2.05, 4.69) is 0 Å². The van der Waals surface area contributed by atoms with Crippen LogP contribution < -0.4 is 10.5 Å². The SMILES string of the molecule is CCN(C(=O)c1cc2c(=O)oc3ccc(C)cc3c2s1)c1cccc(C)c1. The molecule has 1 amide bonds. The van der Waals surface area contributed by atoms with E-state index in [1.807, 2.05) is 57.2 Å². The van der Waals surface area contributed by atoms with Crippen LogP contribution in [0.1, 0.15) is 27.7 Å². The maximum Gasteiger partial charge on any atom is 0.345 e. The van der Waals surface area contributed by atoms with Gasteiger partial charge in [-0.15, -0.1) is 11.3 Å². The summed E-state index contributed by atoms with van der Waals surface area (Å²) >= 11 is 1.35. The minimum absolute atomic E-state index is 0.107. The molecule has 0 saturated carbocycles. The second kappa shape index (κ2) is 6.67. The number of rotatable bonds is 3. The predicted octanol–water partition coefficient (Wildman–Crippen LogP) is 5.29. The summed E-state index contributed by atoms with van der Waals surface area (Å²) in [5.41, 5.74) is 3.17. The number of thiophene rings is 1. The van der Waals surface area contributed by atoms with E-state index in [0.717, 1.165) is 26.9 Å². The quantitative estimate of drug-likeness (QED) is 0.456. The number of hydrogen-bond donors (Lipinski definition) is 0. The Morgan fingerprint density at radius 3 is 2.56 bits per heavy atom. The number of carbonyl (C=O) groups excluding carboxylic acids is 1. The lowest BCUT2D eigenvalue weighted by Crippen LogP contribution is -2.29. The molecule has 0 radical (unpaired) electrons. The average Bonchev–Trinajstić information content (AvgIpc) is 3.09. The van der Waals surface area contributed by atoms with Crippen LogP contribution in [0.15, 0.2) is 57.7 Å². The van der Waals surface area contributed by atoms with Crippen molar-refractivity contribution in [2.75, 3.05) is 11.4 Å². The molecular formula is C22H19NO3S. The fraction of sp³-hybridized carbons (Fsp3) is 0.182. The van der Waals surface area contributed by atoms with Gasteiger partial charge in [-0.05, 0) is 56.7 Å². The summed E-state index contributed by atoms with van der Waals surface area (Å²) in [4.78, 5) is 27.8. The molecule has 4 aromatic rings. The van der Waals surface area contributed by atoms with E-state index in [1.165, 1.54) is 11.3 Å². The van der Waals surface area contributed by atoms with E-state index < -0.39 is 5.63 Å². The molecule has 2 aromatic heterocycles. The molecule has 27 heavy (non-hydrogen) atoms. The van der Waals surface area contributed by atoms with Crippen LogP contribution >= 0.6 is 11.3 Å². The molecule has 4 nitrogen and oxygen atoms in total. The zero-order valence-electron chi connectivity index (χ0n) is 15.4. The summed E-state index contributed by atoms with van der Waals surface area (Å²) in [6.07, 6.45) is 0. The molecule has 0 saturated heterocycles. The number of anilines is 1. The van der Waals surface area contributed by atoms with Crippen LogP contribution in [0.4, 0.5) is 5.69 Å². The molecule has 0 aliphatic rings. The fourth-order valence-electron chi connectivity index (χ4n) is 3.29. The second-order valence-electron chi connectivity index (χ2n) is 6.63. The number of hydrogen-bond acceptors (Lipinski definition) is 4.